The van der Waals surface area contributed by atoms with Gasteiger partial charge in [-0.2, -0.15) is 0 Å². The molecule has 4 atom stereocenters. The van der Waals surface area contributed by atoms with Gasteiger partial charge >= 0.3 is 0 Å². The number of nitrogens with zero attached hydrogens (tertiary/aromatic N) is 4. The zero-order valence-electron chi connectivity index (χ0n) is 19.9. The van der Waals surface area contributed by atoms with Crippen molar-refractivity contribution in [2.24, 2.45) is 5.92 Å². The van der Waals surface area contributed by atoms with Crippen molar-refractivity contribution in [3.8, 4) is 17.0 Å². The molecule has 0 spiro atoms. The molecule has 1 aliphatic heterocycles. The summed E-state index contributed by atoms with van der Waals surface area (Å²) in [6.45, 7) is 0.273. The highest BCUT2D eigenvalue weighted by Crippen LogP contribution is 2.32. The van der Waals surface area contributed by atoms with Gasteiger partial charge in [-0.25, -0.2) is 9.67 Å². The maximum atomic E-state index is 12.7. The second-order valence-electron chi connectivity index (χ2n) is 8.97. The van der Waals surface area contributed by atoms with Crippen LogP contribution in [0.2, 0.25) is 0 Å². The molecule has 36 heavy (non-hydrogen) atoms. The van der Waals surface area contributed by atoms with E-state index in [0.29, 0.717) is 29.6 Å². The standard InChI is InChI=1S/C27H28N4O5/c1-35-24-13-11-19(16-28-24)18-9-6-17(7-10-18)8-12-23-21(25(32)27(34)36-23)14-15-31-26(33)20-4-2-3-5-22(20)29-30-31/h2-7,9-11,13,16,21,23,25,27,32,34H,8,12,14-15H2,1H3/t21-,23+,25?,27?/m0/s1. The highest BCUT2D eigenvalue weighted by Gasteiger charge is 2.42. The first-order valence-corrected chi connectivity index (χ1v) is 12.0. The number of aromatic nitrogens is 4. The molecule has 0 amide bonds. The molecular formula is C27H28N4O5. The minimum atomic E-state index is -1.25. The smallest absolute Gasteiger partial charge is 0.277 e. The van der Waals surface area contributed by atoms with Crippen molar-refractivity contribution < 1.29 is 19.7 Å². The number of aliphatic hydroxyl groups is 2. The number of fused-ring (bicyclic) bond motifs is 1. The Morgan fingerprint density at radius 2 is 1.78 bits per heavy atom. The number of ether oxygens (including phenoxy) is 2. The summed E-state index contributed by atoms with van der Waals surface area (Å²) in [4.78, 5) is 17.0. The van der Waals surface area contributed by atoms with E-state index < -0.39 is 12.4 Å². The molecule has 2 unspecified atom stereocenters. The van der Waals surface area contributed by atoms with Crippen LogP contribution < -0.4 is 10.3 Å². The Bertz CT molecular complexity index is 1370. The number of methoxy groups -OCH3 is 1. The maximum Gasteiger partial charge on any atom is 0.277 e. The highest BCUT2D eigenvalue weighted by atomic mass is 16.6. The molecule has 1 fully saturated rings. The van der Waals surface area contributed by atoms with E-state index in [1.165, 1.54) is 4.68 Å². The molecule has 4 aromatic rings. The first-order valence-electron chi connectivity index (χ1n) is 12.0. The van der Waals surface area contributed by atoms with Crippen LogP contribution in [0.15, 0.2) is 71.7 Å². The first kappa shape index (κ1) is 24.1. The van der Waals surface area contributed by atoms with E-state index in [0.717, 1.165) is 23.1 Å². The largest absolute Gasteiger partial charge is 0.481 e. The Labute approximate surface area is 208 Å². The lowest BCUT2D eigenvalue weighted by Gasteiger charge is -2.20. The third-order valence-electron chi connectivity index (χ3n) is 6.78. The minimum Gasteiger partial charge on any atom is -0.481 e. The van der Waals surface area contributed by atoms with E-state index in [-0.39, 0.29) is 24.1 Å². The number of pyridine rings is 1. The van der Waals surface area contributed by atoms with Gasteiger partial charge < -0.3 is 19.7 Å². The highest BCUT2D eigenvalue weighted by molar-refractivity contribution is 5.76. The molecule has 0 saturated carbocycles. The lowest BCUT2D eigenvalue weighted by Crippen LogP contribution is -2.31. The fraction of sp³-hybridized carbons (Fsp3) is 0.333. The van der Waals surface area contributed by atoms with Crippen LogP contribution >= 0.6 is 0 Å². The molecule has 1 saturated heterocycles. The zero-order chi connectivity index (χ0) is 25.1. The second kappa shape index (κ2) is 10.5. The van der Waals surface area contributed by atoms with Crippen molar-refractivity contribution in [3.05, 3.63) is 82.8 Å². The summed E-state index contributed by atoms with van der Waals surface area (Å²) in [7, 11) is 1.59. The average molecular weight is 489 g/mol. The van der Waals surface area contributed by atoms with Crippen LogP contribution in [0.3, 0.4) is 0 Å². The Kier molecular flexibility index (Phi) is 7.04. The molecule has 2 N–H and O–H groups in total. The van der Waals surface area contributed by atoms with Gasteiger partial charge in [-0.3, -0.25) is 4.79 Å². The van der Waals surface area contributed by atoms with Crippen LogP contribution in [-0.4, -0.2) is 55.8 Å². The van der Waals surface area contributed by atoms with Crippen LogP contribution in [0.4, 0.5) is 0 Å². The van der Waals surface area contributed by atoms with E-state index in [4.69, 9.17) is 9.47 Å². The summed E-state index contributed by atoms with van der Waals surface area (Å²) in [6.07, 6.45) is 0.939. The lowest BCUT2D eigenvalue weighted by atomic mass is 9.90. The van der Waals surface area contributed by atoms with Gasteiger partial charge in [-0.15, -0.1) is 5.10 Å². The lowest BCUT2D eigenvalue weighted by molar-refractivity contribution is -0.127. The molecule has 9 nitrogen and oxygen atoms in total. The predicted molar refractivity (Wildman–Crippen MR) is 133 cm³/mol. The van der Waals surface area contributed by atoms with Crippen molar-refractivity contribution in [1.29, 1.82) is 0 Å². The van der Waals surface area contributed by atoms with E-state index in [1.54, 1.807) is 31.5 Å². The number of benzene rings is 2. The van der Waals surface area contributed by atoms with Crippen molar-refractivity contribution in [3.63, 3.8) is 0 Å². The Balaban J connectivity index is 1.22. The summed E-state index contributed by atoms with van der Waals surface area (Å²) >= 11 is 0. The molecule has 9 heteroatoms. The summed E-state index contributed by atoms with van der Waals surface area (Å²) in [5.74, 6) is 0.244. The fourth-order valence-electron chi connectivity index (χ4n) is 4.72. The Morgan fingerprint density at radius 3 is 2.53 bits per heavy atom. The molecule has 5 rings (SSSR count). The SMILES string of the molecule is COc1ccc(-c2ccc(CC[C@H]3OC(O)C(O)[C@H]3CCn3nnc4ccccc4c3=O)cc2)cn1. The van der Waals surface area contributed by atoms with Crippen molar-refractivity contribution in [1.82, 2.24) is 20.0 Å². The van der Waals surface area contributed by atoms with Gasteiger partial charge in [0.15, 0.2) is 6.29 Å². The van der Waals surface area contributed by atoms with Gasteiger partial charge in [-0.05, 0) is 48.6 Å². The summed E-state index contributed by atoms with van der Waals surface area (Å²) in [6, 6.07) is 19.1. The van der Waals surface area contributed by atoms with Gasteiger partial charge in [0.05, 0.1) is 18.6 Å². The Hall–Kier alpha value is -3.66. The maximum absolute atomic E-state index is 12.7. The number of rotatable bonds is 8. The summed E-state index contributed by atoms with van der Waals surface area (Å²) in [5.41, 5.74) is 3.50. The molecule has 2 aromatic heterocycles. The molecule has 0 aliphatic carbocycles. The monoisotopic (exact) mass is 488 g/mol. The zero-order valence-corrected chi connectivity index (χ0v) is 19.9. The summed E-state index contributed by atoms with van der Waals surface area (Å²) < 4.78 is 12.1. The van der Waals surface area contributed by atoms with Crippen LogP contribution in [0.25, 0.3) is 22.0 Å². The van der Waals surface area contributed by atoms with E-state index in [2.05, 4.69) is 27.4 Å². The van der Waals surface area contributed by atoms with Crippen LogP contribution in [0.1, 0.15) is 18.4 Å². The van der Waals surface area contributed by atoms with E-state index in [1.807, 2.05) is 30.3 Å². The molecule has 2 aromatic carbocycles. The second-order valence-corrected chi connectivity index (χ2v) is 8.97. The van der Waals surface area contributed by atoms with Gasteiger partial charge in [0.2, 0.25) is 5.88 Å². The topological polar surface area (TPSA) is 120 Å². The number of hydrogen-bond donors (Lipinski definition) is 2. The molecule has 186 valence electrons. The predicted octanol–water partition coefficient (Wildman–Crippen LogP) is 2.58. The molecule has 1 aliphatic rings. The normalized spacial score (nSPS) is 21.6. The molecule has 0 bridgehead atoms. The Morgan fingerprint density at radius 1 is 1.00 bits per heavy atom. The van der Waals surface area contributed by atoms with Crippen molar-refractivity contribution >= 4 is 10.9 Å². The van der Waals surface area contributed by atoms with Crippen LogP contribution in [0.5, 0.6) is 5.88 Å². The van der Waals surface area contributed by atoms with Gasteiger partial charge in [-0.1, -0.05) is 41.6 Å². The van der Waals surface area contributed by atoms with Crippen molar-refractivity contribution in [2.45, 2.75) is 44.3 Å². The summed E-state index contributed by atoms with van der Waals surface area (Å²) in [5, 5.41) is 29.3. The number of hydrogen-bond acceptors (Lipinski definition) is 8. The van der Waals surface area contributed by atoms with Gasteiger partial charge in [0.25, 0.3) is 5.56 Å². The van der Waals surface area contributed by atoms with E-state index >= 15 is 0 Å². The number of aliphatic hydroxyl groups excluding tert-OH is 2. The third-order valence-corrected chi connectivity index (χ3v) is 6.78. The third kappa shape index (κ3) is 4.99. The van der Waals surface area contributed by atoms with Gasteiger partial charge in [0.1, 0.15) is 11.6 Å². The molecule has 0 radical (unpaired) electrons. The fourth-order valence-corrected chi connectivity index (χ4v) is 4.72. The molecular weight excluding hydrogens is 460 g/mol. The minimum absolute atomic E-state index is 0.224. The first-order chi connectivity index (χ1) is 17.5. The van der Waals surface area contributed by atoms with E-state index in [9.17, 15) is 15.0 Å². The molecule has 3 heterocycles. The quantitative estimate of drug-likeness (QED) is 0.388. The number of aryl methyl sites for hydroxylation is 2. The van der Waals surface area contributed by atoms with Crippen molar-refractivity contribution in [2.75, 3.05) is 7.11 Å². The van der Waals surface area contributed by atoms with Crippen LogP contribution in [-0.2, 0) is 17.7 Å². The average Bonchev–Trinajstić information content (AvgIpc) is 3.19. The van der Waals surface area contributed by atoms with Crippen LogP contribution in [0, 0.1) is 5.92 Å². The van der Waals surface area contributed by atoms with Gasteiger partial charge in [0, 0.05) is 30.3 Å².